The van der Waals surface area contributed by atoms with Gasteiger partial charge in [0.1, 0.15) is 0 Å². The van der Waals surface area contributed by atoms with Crippen molar-refractivity contribution in [3.8, 4) is 0 Å². The molecular formula is C12H22N2S2. The quantitative estimate of drug-likeness (QED) is 0.823. The fraction of sp³-hybridized carbons (Fsp3) is 0.917. The van der Waals surface area contributed by atoms with Gasteiger partial charge >= 0.3 is 0 Å². The molecule has 2 fully saturated rings. The minimum Gasteiger partial charge on any atom is -0.362 e. The largest absolute Gasteiger partial charge is 0.362 e. The van der Waals surface area contributed by atoms with E-state index in [2.05, 4.69) is 25.4 Å². The highest BCUT2D eigenvalue weighted by Crippen LogP contribution is 2.32. The fourth-order valence-corrected chi connectivity index (χ4v) is 4.73. The van der Waals surface area contributed by atoms with Crippen LogP contribution in [0.5, 0.6) is 0 Å². The zero-order chi connectivity index (χ0) is 11.5. The van der Waals surface area contributed by atoms with E-state index in [1.165, 1.54) is 30.9 Å². The highest BCUT2D eigenvalue weighted by atomic mass is 32.2. The van der Waals surface area contributed by atoms with Crippen LogP contribution in [-0.4, -0.2) is 34.0 Å². The molecule has 4 unspecified atom stereocenters. The van der Waals surface area contributed by atoms with Crippen LogP contribution in [0.4, 0.5) is 0 Å². The van der Waals surface area contributed by atoms with E-state index in [4.69, 9.17) is 4.99 Å². The molecule has 4 atom stereocenters. The van der Waals surface area contributed by atoms with Crippen molar-refractivity contribution in [3.05, 3.63) is 0 Å². The summed E-state index contributed by atoms with van der Waals surface area (Å²) in [5.41, 5.74) is 0. The Labute approximate surface area is 107 Å². The Morgan fingerprint density at radius 1 is 1.38 bits per heavy atom. The molecule has 0 aromatic heterocycles. The lowest BCUT2D eigenvalue weighted by Crippen LogP contribution is -2.39. The van der Waals surface area contributed by atoms with Gasteiger partial charge in [0.15, 0.2) is 5.17 Å². The number of nitrogens with zero attached hydrogens (tertiary/aromatic N) is 1. The third-order valence-corrected chi connectivity index (χ3v) is 5.57. The van der Waals surface area contributed by atoms with Gasteiger partial charge in [0.05, 0.1) is 6.04 Å². The van der Waals surface area contributed by atoms with Gasteiger partial charge in [-0.2, -0.15) is 11.8 Å². The maximum atomic E-state index is 4.94. The topological polar surface area (TPSA) is 24.4 Å². The van der Waals surface area contributed by atoms with Gasteiger partial charge in [-0.05, 0) is 32.4 Å². The smallest absolute Gasteiger partial charge is 0.157 e. The van der Waals surface area contributed by atoms with Crippen LogP contribution in [0.2, 0.25) is 0 Å². The molecule has 1 saturated carbocycles. The fourth-order valence-electron chi connectivity index (χ4n) is 2.59. The summed E-state index contributed by atoms with van der Waals surface area (Å²) in [6.45, 7) is 4.56. The highest BCUT2D eigenvalue weighted by molar-refractivity contribution is 8.14. The highest BCUT2D eigenvalue weighted by Gasteiger charge is 2.28. The van der Waals surface area contributed by atoms with E-state index < -0.39 is 0 Å². The lowest BCUT2D eigenvalue weighted by molar-refractivity contribution is 0.593. The van der Waals surface area contributed by atoms with E-state index in [0.717, 1.165) is 5.25 Å². The SMILES string of the molecule is CSC1CCCC1N=C1NC(C)CC(C)S1. The standard InChI is InChI=1S/C12H22N2S2/c1-8-7-9(2)16-12(13-8)14-10-5-4-6-11(10)15-3/h8-11H,4-7H2,1-3H3,(H,13,14). The van der Waals surface area contributed by atoms with E-state index in [9.17, 15) is 0 Å². The maximum Gasteiger partial charge on any atom is 0.157 e. The third kappa shape index (κ3) is 3.10. The van der Waals surface area contributed by atoms with Gasteiger partial charge in [-0.15, -0.1) is 0 Å². The van der Waals surface area contributed by atoms with Crippen molar-refractivity contribution in [1.29, 1.82) is 0 Å². The van der Waals surface area contributed by atoms with E-state index >= 15 is 0 Å². The Bertz CT molecular complexity index is 256. The summed E-state index contributed by atoms with van der Waals surface area (Å²) in [6, 6.07) is 1.15. The molecular weight excluding hydrogens is 236 g/mol. The van der Waals surface area contributed by atoms with Crippen LogP contribution in [-0.2, 0) is 0 Å². The van der Waals surface area contributed by atoms with Crippen LogP contribution in [0.15, 0.2) is 4.99 Å². The Kier molecular flexibility index (Phi) is 4.48. The van der Waals surface area contributed by atoms with Crippen LogP contribution in [0.25, 0.3) is 0 Å². The molecule has 0 radical (unpaired) electrons. The molecule has 92 valence electrons. The number of hydrogen-bond acceptors (Lipinski definition) is 3. The van der Waals surface area contributed by atoms with Crippen molar-refractivity contribution in [2.45, 2.75) is 62.1 Å². The molecule has 0 spiro atoms. The number of nitrogens with one attached hydrogen (secondary N) is 1. The van der Waals surface area contributed by atoms with Crippen molar-refractivity contribution >= 4 is 28.7 Å². The molecule has 0 aromatic carbocycles. The molecule has 1 saturated heterocycles. The summed E-state index contributed by atoms with van der Waals surface area (Å²) in [4.78, 5) is 4.94. The van der Waals surface area contributed by atoms with Crippen molar-refractivity contribution < 1.29 is 0 Å². The van der Waals surface area contributed by atoms with E-state index in [1.807, 2.05) is 23.5 Å². The van der Waals surface area contributed by atoms with Gasteiger partial charge in [-0.3, -0.25) is 4.99 Å². The van der Waals surface area contributed by atoms with Crippen LogP contribution >= 0.6 is 23.5 Å². The van der Waals surface area contributed by atoms with E-state index in [0.29, 0.717) is 17.3 Å². The van der Waals surface area contributed by atoms with Crippen LogP contribution in [0.3, 0.4) is 0 Å². The summed E-state index contributed by atoms with van der Waals surface area (Å²) < 4.78 is 0. The van der Waals surface area contributed by atoms with Crippen LogP contribution < -0.4 is 5.32 Å². The zero-order valence-corrected chi connectivity index (χ0v) is 12.0. The van der Waals surface area contributed by atoms with E-state index in [-0.39, 0.29) is 0 Å². The number of amidine groups is 1. The summed E-state index contributed by atoms with van der Waals surface area (Å²) in [7, 11) is 0. The van der Waals surface area contributed by atoms with Gasteiger partial charge in [0.2, 0.25) is 0 Å². The average molecular weight is 258 g/mol. The van der Waals surface area contributed by atoms with Crippen molar-refractivity contribution in [3.63, 3.8) is 0 Å². The zero-order valence-electron chi connectivity index (χ0n) is 10.4. The number of thioether (sulfide) groups is 2. The second-order valence-corrected chi connectivity index (χ2v) is 7.42. The molecule has 1 aliphatic heterocycles. The van der Waals surface area contributed by atoms with Gasteiger partial charge in [0.25, 0.3) is 0 Å². The summed E-state index contributed by atoms with van der Waals surface area (Å²) in [5, 5.41) is 6.18. The molecule has 2 aliphatic rings. The summed E-state index contributed by atoms with van der Waals surface area (Å²) in [5.74, 6) is 0. The van der Waals surface area contributed by atoms with E-state index in [1.54, 1.807) is 0 Å². The van der Waals surface area contributed by atoms with Gasteiger partial charge in [-0.1, -0.05) is 25.1 Å². The lowest BCUT2D eigenvalue weighted by Gasteiger charge is -2.28. The van der Waals surface area contributed by atoms with Crippen molar-refractivity contribution in [1.82, 2.24) is 5.32 Å². The third-order valence-electron chi connectivity index (χ3n) is 3.37. The molecule has 4 heteroatoms. The first kappa shape index (κ1) is 12.6. The van der Waals surface area contributed by atoms with Crippen molar-refractivity contribution in [2.24, 2.45) is 4.99 Å². The molecule has 1 aliphatic carbocycles. The Morgan fingerprint density at radius 3 is 2.88 bits per heavy atom. The van der Waals surface area contributed by atoms with Gasteiger partial charge in [-0.25, -0.2) is 0 Å². The predicted molar refractivity (Wildman–Crippen MR) is 76.6 cm³/mol. The van der Waals surface area contributed by atoms with Crippen LogP contribution in [0, 0.1) is 0 Å². The second-order valence-electron chi connectivity index (χ2n) is 4.92. The summed E-state index contributed by atoms with van der Waals surface area (Å²) >= 11 is 3.91. The lowest BCUT2D eigenvalue weighted by atomic mass is 10.2. The monoisotopic (exact) mass is 258 g/mol. The molecule has 1 heterocycles. The Morgan fingerprint density at radius 2 is 2.19 bits per heavy atom. The van der Waals surface area contributed by atoms with Crippen molar-refractivity contribution in [2.75, 3.05) is 6.26 Å². The van der Waals surface area contributed by atoms with Gasteiger partial charge in [0, 0.05) is 16.5 Å². The number of aliphatic imine (C=N–C) groups is 1. The number of hydrogen-bond donors (Lipinski definition) is 1. The normalized spacial score (nSPS) is 42.3. The Hall–Kier alpha value is 0.170. The molecule has 2 rings (SSSR count). The molecule has 1 N–H and O–H groups in total. The summed E-state index contributed by atoms with van der Waals surface area (Å²) in [6.07, 6.45) is 7.44. The first-order chi connectivity index (χ1) is 7.69. The molecule has 0 bridgehead atoms. The predicted octanol–water partition coefficient (Wildman–Crippen LogP) is 3.13. The Balaban J connectivity index is 1.99. The maximum absolute atomic E-state index is 4.94. The molecule has 16 heavy (non-hydrogen) atoms. The van der Waals surface area contributed by atoms with Gasteiger partial charge < -0.3 is 5.32 Å². The minimum absolute atomic E-state index is 0.558. The molecule has 0 aromatic rings. The van der Waals surface area contributed by atoms with Crippen LogP contribution in [0.1, 0.15) is 39.5 Å². The molecule has 2 nitrogen and oxygen atoms in total. The molecule has 0 amide bonds. The first-order valence-corrected chi connectivity index (χ1v) is 8.39. The minimum atomic E-state index is 0.558. The second kappa shape index (κ2) is 5.67. The number of rotatable bonds is 2. The average Bonchev–Trinajstić information content (AvgIpc) is 2.63. The first-order valence-electron chi connectivity index (χ1n) is 6.23.